The minimum absolute atomic E-state index is 0.0129. The largest absolute Gasteiger partial charge is 0.368 e. The molecule has 1 fully saturated rings. The minimum Gasteiger partial charge on any atom is -0.368 e. The second kappa shape index (κ2) is 5.51. The lowest BCUT2D eigenvalue weighted by molar-refractivity contribution is -0.151. The van der Waals surface area contributed by atoms with Gasteiger partial charge in [-0.25, -0.2) is 0 Å². The summed E-state index contributed by atoms with van der Waals surface area (Å²) in [7, 11) is 0. The number of benzene rings is 1. The van der Waals surface area contributed by atoms with E-state index in [9.17, 15) is 14.4 Å². The van der Waals surface area contributed by atoms with Crippen molar-refractivity contribution in [3.8, 4) is 0 Å². The lowest BCUT2D eigenvalue weighted by Gasteiger charge is -2.33. The van der Waals surface area contributed by atoms with E-state index < -0.39 is 5.91 Å². The van der Waals surface area contributed by atoms with Gasteiger partial charge in [-0.3, -0.25) is 14.4 Å². The van der Waals surface area contributed by atoms with Gasteiger partial charge in [-0.1, -0.05) is 30.3 Å². The first-order chi connectivity index (χ1) is 9.06. The summed E-state index contributed by atoms with van der Waals surface area (Å²) in [5.41, 5.74) is 6.00. The Bertz CT molecular complexity index is 501. The molecule has 2 N–H and O–H groups in total. The van der Waals surface area contributed by atoms with Crippen LogP contribution in [0.4, 0.5) is 0 Å². The molecule has 0 unspecified atom stereocenters. The van der Waals surface area contributed by atoms with Crippen LogP contribution in [0, 0.1) is 0 Å². The summed E-state index contributed by atoms with van der Waals surface area (Å²) < 4.78 is 0. The zero-order valence-corrected chi connectivity index (χ0v) is 10.4. The summed E-state index contributed by atoms with van der Waals surface area (Å²) in [5.74, 6) is -1.04. The van der Waals surface area contributed by atoms with Gasteiger partial charge in [0.05, 0.1) is 6.54 Å². The molecular weight excluding hydrogens is 246 g/mol. The number of nitrogens with zero attached hydrogens (tertiary/aromatic N) is 2. The molecule has 0 bridgehead atoms. The fraction of sp³-hybridized carbons (Fsp3) is 0.308. The Morgan fingerprint density at radius 3 is 2.26 bits per heavy atom. The fourth-order valence-electron chi connectivity index (χ4n) is 1.98. The van der Waals surface area contributed by atoms with E-state index in [0.717, 1.165) is 5.56 Å². The molecule has 19 heavy (non-hydrogen) atoms. The number of rotatable bonds is 4. The molecule has 0 radical (unpaired) electrons. The van der Waals surface area contributed by atoms with Crippen LogP contribution >= 0.6 is 0 Å². The maximum Gasteiger partial charge on any atom is 0.243 e. The van der Waals surface area contributed by atoms with Crippen LogP contribution in [0.3, 0.4) is 0 Å². The van der Waals surface area contributed by atoms with Crippen molar-refractivity contribution < 1.29 is 14.4 Å². The van der Waals surface area contributed by atoms with Crippen LogP contribution in [0.1, 0.15) is 5.56 Å². The Balaban J connectivity index is 2.00. The molecule has 100 valence electrons. The first kappa shape index (κ1) is 13.1. The highest BCUT2D eigenvalue weighted by Gasteiger charge is 2.30. The molecule has 6 nitrogen and oxygen atoms in total. The molecular formula is C13H15N3O3. The molecule has 0 aliphatic carbocycles. The van der Waals surface area contributed by atoms with Crippen LogP contribution < -0.4 is 5.73 Å². The van der Waals surface area contributed by atoms with E-state index >= 15 is 0 Å². The van der Waals surface area contributed by atoms with Crippen molar-refractivity contribution in [3.05, 3.63) is 35.9 Å². The van der Waals surface area contributed by atoms with Crippen molar-refractivity contribution in [1.82, 2.24) is 9.80 Å². The van der Waals surface area contributed by atoms with Gasteiger partial charge in [-0.15, -0.1) is 0 Å². The Hall–Kier alpha value is -2.37. The molecule has 0 saturated carbocycles. The number of amides is 3. The van der Waals surface area contributed by atoms with Gasteiger partial charge < -0.3 is 15.5 Å². The molecule has 0 spiro atoms. The number of carbonyl (C=O) groups is 3. The van der Waals surface area contributed by atoms with Crippen LogP contribution in [0.2, 0.25) is 0 Å². The van der Waals surface area contributed by atoms with Crippen LogP contribution in [0.15, 0.2) is 30.3 Å². The van der Waals surface area contributed by atoms with Gasteiger partial charge >= 0.3 is 0 Å². The third-order valence-corrected chi connectivity index (χ3v) is 2.92. The van der Waals surface area contributed by atoms with Crippen LogP contribution in [-0.2, 0) is 20.9 Å². The van der Waals surface area contributed by atoms with Gasteiger partial charge in [0.2, 0.25) is 17.7 Å². The number of hydrogen-bond donors (Lipinski definition) is 1. The summed E-state index contributed by atoms with van der Waals surface area (Å²) in [6.07, 6.45) is 0. The maximum atomic E-state index is 11.9. The van der Waals surface area contributed by atoms with Crippen LogP contribution in [0.5, 0.6) is 0 Å². The van der Waals surface area contributed by atoms with Gasteiger partial charge in [0.15, 0.2) is 0 Å². The van der Waals surface area contributed by atoms with E-state index in [4.69, 9.17) is 5.73 Å². The second-order valence-electron chi connectivity index (χ2n) is 4.45. The molecule has 1 aliphatic heterocycles. The van der Waals surface area contributed by atoms with E-state index in [0.29, 0.717) is 6.54 Å². The maximum absolute atomic E-state index is 11.9. The molecule has 1 aromatic carbocycles. The highest BCUT2D eigenvalue weighted by Crippen LogP contribution is 2.10. The van der Waals surface area contributed by atoms with E-state index in [1.807, 2.05) is 30.3 Å². The smallest absolute Gasteiger partial charge is 0.243 e. The van der Waals surface area contributed by atoms with E-state index in [2.05, 4.69) is 0 Å². The van der Waals surface area contributed by atoms with E-state index in [-0.39, 0.29) is 31.4 Å². The number of piperazine rings is 1. The van der Waals surface area contributed by atoms with Crippen molar-refractivity contribution in [3.63, 3.8) is 0 Å². The molecule has 6 heteroatoms. The van der Waals surface area contributed by atoms with Gasteiger partial charge in [0, 0.05) is 6.54 Å². The normalized spacial score (nSPS) is 15.8. The van der Waals surface area contributed by atoms with Gasteiger partial charge in [-0.2, -0.15) is 0 Å². The van der Waals surface area contributed by atoms with Crippen molar-refractivity contribution in [2.45, 2.75) is 6.54 Å². The standard InChI is InChI=1S/C13H15N3O3/c14-11(17)7-16-9-12(18)15(8-13(16)19)6-10-4-2-1-3-5-10/h1-5H,6-9H2,(H2,14,17). The Labute approximate surface area is 110 Å². The Morgan fingerprint density at radius 2 is 1.63 bits per heavy atom. The highest BCUT2D eigenvalue weighted by atomic mass is 16.2. The molecule has 2 rings (SSSR count). The SMILES string of the molecule is NC(=O)CN1CC(=O)N(Cc2ccccc2)CC1=O. The zero-order valence-electron chi connectivity index (χ0n) is 10.4. The molecule has 1 heterocycles. The first-order valence-electron chi connectivity index (χ1n) is 5.94. The van der Waals surface area contributed by atoms with Crippen molar-refractivity contribution >= 4 is 17.7 Å². The lowest BCUT2D eigenvalue weighted by Crippen LogP contribution is -2.55. The van der Waals surface area contributed by atoms with Crippen LogP contribution in [0.25, 0.3) is 0 Å². The van der Waals surface area contributed by atoms with Crippen molar-refractivity contribution in [1.29, 1.82) is 0 Å². The number of nitrogens with two attached hydrogens (primary N) is 1. The average molecular weight is 261 g/mol. The predicted octanol–water partition coefficient (Wildman–Crippen LogP) is -0.657. The minimum atomic E-state index is -0.613. The summed E-state index contributed by atoms with van der Waals surface area (Å²) >= 11 is 0. The predicted molar refractivity (Wildman–Crippen MR) is 67.6 cm³/mol. The molecule has 3 amide bonds. The van der Waals surface area contributed by atoms with Crippen LogP contribution in [-0.4, -0.2) is 47.2 Å². The monoisotopic (exact) mass is 261 g/mol. The molecule has 1 aliphatic rings. The van der Waals surface area contributed by atoms with Gasteiger partial charge in [0.1, 0.15) is 13.1 Å². The van der Waals surface area contributed by atoms with E-state index in [1.165, 1.54) is 9.80 Å². The molecule has 1 aromatic rings. The summed E-state index contributed by atoms with van der Waals surface area (Å²) in [6, 6.07) is 9.44. The lowest BCUT2D eigenvalue weighted by atomic mass is 10.2. The highest BCUT2D eigenvalue weighted by molar-refractivity contribution is 5.94. The fourth-order valence-corrected chi connectivity index (χ4v) is 1.98. The quantitative estimate of drug-likeness (QED) is 0.781. The topological polar surface area (TPSA) is 83.7 Å². The Kier molecular flexibility index (Phi) is 3.79. The summed E-state index contributed by atoms with van der Waals surface area (Å²) in [5, 5.41) is 0. The third kappa shape index (κ3) is 3.31. The number of hydrogen-bond acceptors (Lipinski definition) is 3. The molecule has 0 aromatic heterocycles. The van der Waals surface area contributed by atoms with Gasteiger partial charge in [-0.05, 0) is 5.56 Å². The summed E-state index contributed by atoms with van der Waals surface area (Å²) in [6.45, 7) is 0.0925. The van der Waals surface area contributed by atoms with Crippen molar-refractivity contribution in [2.24, 2.45) is 5.73 Å². The van der Waals surface area contributed by atoms with Crippen molar-refractivity contribution in [2.75, 3.05) is 19.6 Å². The second-order valence-corrected chi connectivity index (χ2v) is 4.45. The molecule has 1 saturated heterocycles. The van der Waals surface area contributed by atoms with E-state index in [1.54, 1.807) is 0 Å². The first-order valence-corrected chi connectivity index (χ1v) is 5.94. The third-order valence-electron chi connectivity index (χ3n) is 2.92. The average Bonchev–Trinajstić information content (AvgIpc) is 2.36. The number of carbonyl (C=O) groups excluding carboxylic acids is 3. The van der Waals surface area contributed by atoms with Gasteiger partial charge in [0.25, 0.3) is 0 Å². The number of primary amides is 1. The zero-order chi connectivity index (χ0) is 13.8. The Morgan fingerprint density at radius 1 is 1.05 bits per heavy atom. The summed E-state index contributed by atoms with van der Waals surface area (Å²) in [4.78, 5) is 37.2. The molecule has 0 atom stereocenters.